The quantitative estimate of drug-likeness (QED) is 0.629. The number of ketones is 1. The molecule has 2 aromatic carbocycles. The van der Waals surface area contributed by atoms with Gasteiger partial charge in [0.25, 0.3) is 5.91 Å². The van der Waals surface area contributed by atoms with Crippen molar-refractivity contribution in [2.45, 2.75) is 20.0 Å². The Morgan fingerprint density at radius 2 is 1.72 bits per heavy atom. The summed E-state index contributed by atoms with van der Waals surface area (Å²) >= 11 is 0. The number of carbonyl (C=O) groups excluding carboxylic acids is 2. The summed E-state index contributed by atoms with van der Waals surface area (Å²) in [4.78, 5) is 27.9. The number of hydrogen-bond donors (Lipinski definition) is 1. The van der Waals surface area contributed by atoms with Crippen LogP contribution in [0.5, 0.6) is 5.75 Å². The topological polar surface area (TPSA) is 92.1 Å². The maximum Gasteiger partial charge on any atom is 0.257 e. The van der Waals surface area contributed by atoms with E-state index >= 15 is 0 Å². The van der Waals surface area contributed by atoms with Crippen molar-refractivity contribution >= 4 is 17.4 Å². The fraction of sp³-hybridized carbons (Fsp3) is 0.130. The van der Waals surface area contributed by atoms with Gasteiger partial charge in [0.15, 0.2) is 5.78 Å². The number of aromatic nitrogens is 1. The van der Waals surface area contributed by atoms with Crippen LogP contribution in [-0.4, -0.2) is 16.7 Å². The van der Waals surface area contributed by atoms with Gasteiger partial charge in [-0.25, -0.2) is 0 Å². The number of rotatable bonds is 6. The van der Waals surface area contributed by atoms with Crippen LogP contribution in [0.4, 0.5) is 5.69 Å². The number of Topliss-reactive ketones (excluding diaryl/α,β-unsaturated/α-hetero) is 1. The van der Waals surface area contributed by atoms with Crippen LogP contribution in [0.15, 0.2) is 67.0 Å². The third-order valence-electron chi connectivity index (χ3n) is 4.35. The molecule has 1 N–H and O–H groups in total. The molecule has 0 aliphatic heterocycles. The van der Waals surface area contributed by atoms with Gasteiger partial charge < -0.3 is 10.1 Å². The first-order valence-corrected chi connectivity index (χ1v) is 9.00. The number of ether oxygens (including phenoxy) is 1. The van der Waals surface area contributed by atoms with E-state index in [1.807, 2.05) is 25.1 Å². The van der Waals surface area contributed by atoms with E-state index < -0.39 is 0 Å². The molecule has 6 nitrogen and oxygen atoms in total. The summed E-state index contributed by atoms with van der Waals surface area (Å²) < 4.78 is 5.91. The maximum atomic E-state index is 12.5. The van der Waals surface area contributed by atoms with E-state index in [2.05, 4.69) is 10.3 Å². The minimum Gasteiger partial charge on any atom is -0.484 e. The Labute approximate surface area is 168 Å². The van der Waals surface area contributed by atoms with Gasteiger partial charge in [-0.3, -0.25) is 14.6 Å². The summed E-state index contributed by atoms with van der Waals surface area (Å²) in [7, 11) is 0. The van der Waals surface area contributed by atoms with Crippen molar-refractivity contribution < 1.29 is 14.3 Å². The van der Waals surface area contributed by atoms with Gasteiger partial charge in [0.1, 0.15) is 11.9 Å². The van der Waals surface area contributed by atoms with Crippen LogP contribution >= 0.6 is 0 Å². The molecular formula is C23H19N3O3. The van der Waals surface area contributed by atoms with Gasteiger partial charge in [0.05, 0.1) is 23.4 Å². The molecule has 0 spiro atoms. The number of nitriles is 1. The second-order valence-corrected chi connectivity index (χ2v) is 6.49. The highest BCUT2D eigenvalue weighted by atomic mass is 16.5. The number of benzene rings is 2. The number of carbonyl (C=O) groups is 2. The third-order valence-corrected chi connectivity index (χ3v) is 4.35. The molecule has 1 amide bonds. The summed E-state index contributed by atoms with van der Waals surface area (Å²) in [6.45, 7) is 3.40. The van der Waals surface area contributed by atoms with Crippen molar-refractivity contribution in [3.8, 4) is 11.8 Å². The first-order valence-electron chi connectivity index (χ1n) is 9.00. The zero-order valence-electron chi connectivity index (χ0n) is 16.0. The highest BCUT2D eigenvalue weighted by molar-refractivity contribution is 6.04. The van der Waals surface area contributed by atoms with Crippen molar-refractivity contribution in [2.24, 2.45) is 0 Å². The Hall–Kier alpha value is -3.98. The third kappa shape index (κ3) is 5.05. The predicted molar refractivity (Wildman–Crippen MR) is 109 cm³/mol. The molecule has 0 bridgehead atoms. The summed E-state index contributed by atoms with van der Waals surface area (Å²) in [6.07, 6.45) is 2.71. The first kappa shape index (κ1) is 19.8. The first-order chi connectivity index (χ1) is 14.0. The van der Waals surface area contributed by atoms with E-state index in [0.29, 0.717) is 28.1 Å². The average molecular weight is 385 g/mol. The zero-order valence-corrected chi connectivity index (χ0v) is 16.0. The molecule has 1 heterocycles. The van der Waals surface area contributed by atoms with E-state index in [1.165, 1.54) is 13.1 Å². The van der Waals surface area contributed by atoms with Crippen molar-refractivity contribution in [2.75, 3.05) is 5.32 Å². The molecule has 6 heteroatoms. The predicted octanol–water partition coefficient (Wildman–Crippen LogP) is 4.55. The lowest BCUT2D eigenvalue weighted by Gasteiger charge is -2.15. The minimum absolute atomic E-state index is 0.00954. The fourth-order valence-electron chi connectivity index (χ4n) is 2.70. The second-order valence-electron chi connectivity index (χ2n) is 6.49. The normalized spacial score (nSPS) is 11.2. The van der Waals surface area contributed by atoms with Gasteiger partial charge in [-0.2, -0.15) is 5.26 Å². The Kier molecular flexibility index (Phi) is 6.00. The summed E-state index contributed by atoms with van der Waals surface area (Å²) in [5.41, 5.74) is 3.00. The van der Waals surface area contributed by atoms with Crippen LogP contribution in [0.25, 0.3) is 0 Å². The zero-order chi connectivity index (χ0) is 20.8. The summed E-state index contributed by atoms with van der Waals surface area (Å²) in [5, 5.41) is 11.6. The largest absolute Gasteiger partial charge is 0.484 e. The fourth-order valence-corrected chi connectivity index (χ4v) is 2.70. The molecule has 3 aromatic rings. The van der Waals surface area contributed by atoms with E-state index in [-0.39, 0.29) is 17.8 Å². The van der Waals surface area contributed by atoms with Crippen molar-refractivity contribution in [1.29, 1.82) is 5.26 Å². The Morgan fingerprint density at radius 3 is 2.34 bits per heavy atom. The summed E-state index contributed by atoms with van der Waals surface area (Å²) in [6, 6.07) is 17.4. The standard InChI is InChI=1S/C23H19N3O3/c1-15(27)18-5-7-19(8-6-18)16(2)29-22-11-20(13-25-14-22)23(28)26-21-9-3-17(12-24)4-10-21/h3-11,13-14,16H,1-2H3,(H,26,28). The molecule has 0 fully saturated rings. The average Bonchev–Trinajstić information content (AvgIpc) is 2.74. The van der Waals surface area contributed by atoms with Gasteiger partial charge in [-0.1, -0.05) is 24.3 Å². The van der Waals surface area contributed by atoms with Crippen LogP contribution in [0.2, 0.25) is 0 Å². The number of anilines is 1. The van der Waals surface area contributed by atoms with Gasteiger partial charge in [0, 0.05) is 17.4 Å². The Bertz CT molecular complexity index is 1070. The highest BCUT2D eigenvalue weighted by Gasteiger charge is 2.12. The smallest absolute Gasteiger partial charge is 0.257 e. The number of nitrogens with one attached hydrogen (secondary N) is 1. The molecule has 0 saturated heterocycles. The van der Waals surface area contributed by atoms with Gasteiger partial charge >= 0.3 is 0 Å². The van der Waals surface area contributed by atoms with Gasteiger partial charge in [-0.05, 0) is 49.7 Å². The molecule has 1 aromatic heterocycles. The molecule has 3 rings (SSSR count). The molecule has 1 atom stereocenters. The highest BCUT2D eigenvalue weighted by Crippen LogP contribution is 2.23. The lowest BCUT2D eigenvalue weighted by molar-refractivity contribution is 0.101. The second kappa shape index (κ2) is 8.81. The molecule has 1 unspecified atom stereocenters. The molecule has 29 heavy (non-hydrogen) atoms. The molecule has 0 radical (unpaired) electrons. The summed E-state index contributed by atoms with van der Waals surface area (Å²) in [5.74, 6) is 0.141. The van der Waals surface area contributed by atoms with Crippen LogP contribution in [0.3, 0.4) is 0 Å². The Balaban J connectivity index is 1.68. The minimum atomic E-state index is -0.328. The molecular weight excluding hydrogens is 366 g/mol. The molecule has 0 aliphatic carbocycles. The van der Waals surface area contributed by atoms with Crippen LogP contribution in [0.1, 0.15) is 51.8 Å². The van der Waals surface area contributed by atoms with Crippen molar-refractivity contribution in [3.63, 3.8) is 0 Å². The number of pyridine rings is 1. The van der Waals surface area contributed by atoms with E-state index in [4.69, 9.17) is 10.00 Å². The monoisotopic (exact) mass is 385 g/mol. The van der Waals surface area contributed by atoms with Crippen molar-refractivity contribution in [3.05, 3.63) is 89.2 Å². The lowest BCUT2D eigenvalue weighted by Crippen LogP contribution is -2.12. The van der Waals surface area contributed by atoms with E-state index in [9.17, 15) is 9.59 Å². The molecule has 0 aliphatic rings. The van der Waals surface area contributed by atoms with E-state index in [1.54, 1.807) is 48.7 Å². The van der Waals surface area contributed by atoms with Crippen LogP contribution < -0.4 is 10.1 Å². The Morgan fingerprint density at radius 1 is 1.03 bits per heavy atom. The van der Waals surface area contributed by atoms with Crippen LogP contribution in [-0.2, 0) is 0 Å². The lowest BCUT2D eigenvalue weighted by atomic mass is 10.1. The number of nitrogens with zero attached hydrogens (tertiary/aromatic N) is 2. The number of amides is 1. The molecule has 144 valence electrons. The number of hydrogen-bond acceptors (Lipinski definition) is 5. The maximum absolute atomic E-state index is 12.5. The SMILES string of the molecule is CC(=O)c1ccc(C(C)Oc2cncc(C(=O)Nc3ccc(C#N)cc3)c2)cc1. The molecule has 0 saturated carbocycles. The van der Waals surface area contributed by atoms with Gasteiger partial charge in [0.2, 0.25) is 0 Å². The van der Waals surface area contributed by atoms with Gasteiger partial charge in [-0.15, -0.1) is 0 Å². The van der Waals surface area contributed by atoms with E-state index in [0.717, 1.165) is 5.56 Å². The van der Waals surface area contributed by atoms with Crippen molar-refractivity contribution in [1.82, 2.24) is 4.98 Å². The van der Waals surface area contributed by atoms with Crippen LogP contribution in [0, 0.1) is 11.3 Å².